The van der Waals surface area contributed by atoms with E-state index in [9.17, 15) is 0 Å². The van der Waals surface area contributed by atoms with Crippen LogP contribution in [-0.4, -0.2) is 0 Å². The molecule has 4 rings (SSSR count). The average Bonchev–Trinajstić information content (AvgIpc) is 2.96. The fourth-order valence-corrected chi connectivity index (χ4v) is 4.36. The fourth-order valence-electron chi connectivity index (χ4n) is 4.36. The minimum atomic E-state index is 1.16. The van der Waals surface area contributed by atoms with Crippen LogP contribution in [0.3, 0.4) is 0 Å². The number of benzene rings is 2. The van der Waals surface area contributed by atoms with Crippen LogP contribution in [0.25, 0.3) is 11.1 Å². The number of hydrogen-bond donors (Lipinski definition) is 0. The summed E-state index contributed by atoms with van der Waals surface area (Å²) >= 11 is 0. The summed E-state index contributed by atoms with van der Waals surface area (Å²) in [5.41, 5.74) is 12.3. The minimum Gasteiger partial charge on any atom is -0.0651 e. The molecule has 0 aromatic heterocycles. The van der Waals surface area contributed by atoms with E-state index in [-0.39, 0.29) is 0 Å². The zero-order valence-electron chi connectivity index (χ0n) is 14.2. The molecule has 0 saturated heterocycles. The van der Waals surface area contributed by atoms with Gasteiger partial charge in [-0.15, -0.1) is 0 Å². The molecule has 116 valence electrons. The van der Waals surface area contributed by atoms with Crippen LogP contribution in [0.2, 0.25) is 0 Å². The van der Waals surface area contributed by atoms with Crippen molar-refractivity contribution in [3.8, 4) is 0 Å². The highest BCUT2D eigenvalue weighted by molar-refractivity contribution is 5.95. The van der Waals surface area contributed by atoms with Gasteiger partial charge < -0.3 is 0 Å². The molecule has 0 radical (unpaired) electrons. The number of fused-ring (bicyclic) bond motifs is 2. The summed E-state index contributed by atoms with van der Waals surface area (Å²) in [5, 5.41) is 0. The van der Waals surface area contributed by atoms with Crippen LogP contribution in [0.15, 0.2) is 59.7 Å². The van der Waals surface area contributed by atoms with Gasteiger partial charge in [0.25, 0.3) is 0 Å². The van der Waals surface area contributed by atoms with E-state index in [1.165, 1.54) is 53.5 Å². The fraction of sp³-hybridized carbons (Fsp3) is 0.304. The lowest BCUT2D eigenvalue weighted by Gasteiger charge is -2.23. The van der Waals surface area contributed by atoms with Crippen molar-refractivity contribution in [1.29, 1.82) is 0 Å². The van der Waals surface area contributed by atoms with Gasteiger partial charge in [-0.2, -0.15) is 0 Å². The van der Waals surface area contributed by atoms with Gasteiger partial charge in [0.15, 0.2) is 0 Å². The van der Waals surface area contributed by atoms with Crippen molar-refractivity contribution in [2.75, 3.05) is 0 Å². The summed E-state index contributed by atoms with van der Waals surface area (Å²) in [6.45, 7) is 4.61. The lowest BCUT2D eigenvalue weighted by molar-refractivity contribution is 0.904. The van der Waals surface area contributed by atoms with E-state index in [0.717, 1.165) is 6.42 Å². The predicted octanol–water partition coefficient (Wildman–Crippen LogP) is 6.22. The Kier molecular flexibility index (Phi) is 3.69. The standard InChI is InChI=1S/C23H24/c1-3-8-17-9-4-6-11-21(17)20-14-13-19-15-18-10-5-7-12-22(18)23(19)16(20)2/h4-7,9-12H,3,8,13-15H2,1-2H3. The molecule has 0 amide bonds. The first kappa shape index (κ1) is 14.5. The van der Waals surface area contributed by atoms with Crippen LogP contribution >= 0.6 is 0 Å². The summed E-state index contributed by atoms with van der Waals surface area (Å²) < 4.78 is 0. The third kappa shape index (κ3) is 2.37. The van der Waals surface area contributed by atoms with Gasteiger partial charge in [0, 0.05) is 0 Å². The summed E-state index contributed by atoms with van der Waals surface area (Å²) in [6, 6.07) is 18.0. The molecule has 2 aromatic carbocycles. The van der Waals surface area contributed by atoms with E-state index in [4.69, 9.17) is 0 Å². The van der Waals surface area contributed by atoms with E-state index in [1.807, 2.05) is 0 Å². The molecule has 0 heterocycles. The number of aryl methyl sites for hydroxylation is 1. The van der Waals surface area contributed by atoms with E-state index in [2.05, 4.69) is 62.4 Å². The molecule has 2 aliphatic rings. The molecule has 0 fully saturated rings. The van der Waals surface area contributed by atoms with E-state index < -0.39 is 0 Å². The van der Waals surface area contributed by atoms with Gasteiger partial charge in [0.2, 0.25) is 0 Å². The first-order valence-corrected chi connectivity index (χ1v) is 8.88. The monoisotopic (exact) mass is 300 g/mol. The van der Waals surface area contributed by atoms with Gasteiger partial charge in [0.1, 0.15) is 0 Å². The highest BCUT2D eigenvalue weighted by atomic mass is 14.3. The zero-order chi connectivity index (χ0) is 15.8. The molecule has 0 unspecified atom stereocenters. The van der Waals surface area contributed by atoms with Crippen molar-refractivity contribution >= 4 is 11.1 Å². The summed E-state index contributed by atoms with van der Waals surface area (Å²) in [5.74, 6) is 0. The second-order valence-corrected chi connectivity index (χ2v) is 6.82. The van der Waals surface area contributed by atoms with Crippen molar-refractivity contribution in [2.45, 2.75) is 46.0 Å². The van der Waals surface area contributed by atoms with Crippen molar-refractivity contribution < 1.29 is 0 Å². The van der Waals surface area contributed by atoms with Crippen LogP contribution in [0.1, 0.15) is 55.4 Å². The Morgan fingerprint density at radius 1 is 0.870 bits per heavy atom. The van der Waals surface area contributed by atoms with Crippen molar-refractivity contribution in [1.82, 2.24) is 0 Å². The molecular weight excluding hydrogens is 276 g/mol. The second kappa shape index (κ2) is 5.85. The highest BCUT2D eigenvalue weighted by Gasteiger charge is 2.27. The Hall–Kier alpha value is -2.08. The Balaban J connectivity index is 1.84. The predicted molar refractivity (Wildman–Crippen MR) is 99.3 cm³/mol. The smallest absolute Gasteiger partial charge is 0.00515 e. The molecule has 0 aliphatic heterocycles. The molecule has 0 heteroatoms. The van der Waals surface area contributed by atoms with Crippen molar-refractivity contribution in [3.63, 3.8) is 0 Å². The maximum Gasteiger partial charge on any atom is -0.00515 e. The normalized spacial score (nSPS) is 16.6. The molecule has 0 N–H and O–H groups in total. The topological polar surface area (TPSA) is 0 Å². The number of allylic oxidation sites excluding steroid dienone is 4. The summed E-state index contributed by atoms with van der Waals surface area (Å²) in [4.78, 5) is 0. The van der Waals surface area contributed by atoms with E-state index >= 15 is 0 Å². The Morgan fingerprint density at radius 2 is 1.61 bits per heavy atom. The second-order valence-electron chi connectivity index (χ2n) is 6.82. The Bertz CT molecular complexity index is 817. The van der Waals surface area contributed by atoms with Crippen LogP contribution in [0.5, 0.6) is 0 Å². The summed E-state index contributed by atoms with van der Waals surface area (Å²) in [7, 11) is 0. The molecule has 0 bridgehead atoms. The van der Waals surface area contributed by atoms with Gasteiger partial charge in [0.05, 0.1) is 0 Å². The Labute approximate surface area is 139 Å². The van der Waals surface area contributed by atoms with Gasteiger partial charge in [-0.05, 0) is 71.6 Å². The third-order valence-electron chi connectivity index (χ3n) is 5.41. The Morgan fingerprint density at radius 3 is 2.43 bits per heavy atom. The molecule has 2 aliphatic carbocycles. The van der Waals surface area contributed by atoms with Crippen LogP contribution in [-0.2, 0) is 12.8 Å². The van der Waals surface area contributed by atoms with Gasteiger partial charge in [-0.1, -0.05) is 67.4 Å². The van der Waals surface area contributed by atoms with E-state index in [1.54, 1.807) is 16.7 Å². The maximum absolute atomic E-state index is 2.34. The zero-order valence-corrected chi connectivity index (χ0v) is 14.2. The first-order chi connectivity index (χ1) is 11.3. The lowest BCUT2D eigenvalue weighted by atomic mass is 9.81. The molecule has 0 nitrogen and oxygen atoms in total. The molecule has 0 atom stereocenters. The summed E-state index contributed by atoms with van der Waals surface area (Å²) in [6.07, 6.45) is 5.96. The number of hydrogen-bond acceptors (Lipinski definition) is 0. The van der Waals surface area contributed by atoms with Gasteiger partial charge >= 0.3 is 0 Å². The van der Waals surface area contributed by atoms with Crippen molar-refractivity contribution in [2.24, 2.45) is 0 Å². The molecule has 0 spiro atoms. The maximum atomic E-state index is 2.34. The highest BCUT2D eigenvalue weighted by Crippen LogP contribution is 2.47. The molecule has 23 heavy (non-hydrogen) atoms. The van der Waals surface area contributed by atoms with Gasteiger partial charge in [-0.25, -0.2) is 0 Å². The average molecular weight is 300 g/mol. The van der Waals surface area contributed by atoms with Gasteiger partial charge in [-0.3, -0.25) is 0 Å². The molecule has 2 aromatic rings. The van der Waals surface area contributed by atoms with E-state index in [0.29, 0.717) is 0 Å². The minimum absolute atomic E-state index is 1.16. The van der Waals surface area contributed by atoms with Crippen molar-refractivity contribution in [3.05, 3.63) is 81.9 Å². The molecule has 0 saturated carbocycles. The largest absolute Gasteiger partial charge is 0.0651 e. The quantitative estimate of drug-likeness (QED) is 0.631. The van der Waals surface area contributed by atoms with Crippen LogP contribution < -0.4 is 0 Å². The number of rotatable bonds is 3. The molecular formula is C23H24. The third-order valence-corrected chi connectivity index (χ3v) is 5.41. The lowest BCUT2D eigenvalue weighted by Crippen LogP contribution is -2.03. The first-order valence-electron chi connectivity index (χ1n) is 8.88. The SMILES string of the molecule is CCCc1ccccc1C1=C(C)C2=C(CC1)Cc1ccccc12. The van der Waals surface area contributed by atoms with Crippen LogP contribution in [0, 0.1) is 0 Å². The van der Waals surface area contributed by atoms with Crippen LogP contribution in [0.4, 0.5) is 0 Å².